The highest BCUT2D eigenvalue weighted by Gasteiger charge is 2.06. The summed E-state index contributed by atoms with van der Waals surface area (Å²) < 4.78 is 1.06. The number of hydrogen-bond donors (Lipinski definition) is 1. The normalized spacial score (nSPS) is 12.4. The van der Waals surface area contributed by atoms with Crippen molar-refractivity contribution in [3.05, 3.63) is 82.5 Å². The highest BCUT2D eigenvalue weighted by Crippen LogP contribution is 2.17. The van der Waals surface area contributed by atoms with Crippen LogP contribution < -0.4 is 5.32 Å². The summed E-state index contributed by atoms with van der Waals surface area (Å²) in [6.07, 6.45) is 5.95. The Kier molecular flexibility index (Phi) is 5.61. The molecule has 0 aliphatic heterocycles. The summed E-state index contributed by atoms with van der Waals surface area (Å²) in [6, 6.07) is 18.1. The van der Waals surface area contributed by atoms with E-state index in [2.05, 4.69) is 38.4 Å². The minimum absolute atomic E-state index is 0.0592. The van der Waals surface area contributed by atoms with Crippen molar-refractivity contribution in [1.82, 2.24) is 10.3 Å². The molecule has 1 heterocycles. The Hall–Kier alpha value is -2.46. The van der Waals surface area contributed by atoms with Crippen LogP contribution in [-0.4, -0.2) is 16.9 Å². The van der Waals surface area contributed by atoms with Crippen molar-refractivity contribution < 1.29 is 4.79 Å². The molecule has 3 rings (SSSR count). The lowest BCUT2D eigenvalue weighted by Crippen LogP contribution is -2.32. The van der Waals surface area contributed by atoms with Crippen LogP contribution in [0.25, 0.3) is 17.0 Å². The summed E-state index contributed by atoms with van der Waals surface area (Å²) in [5.41, 5.74) is 3.03. The Bertz CT molecular complexity index is 898. The predicted octanol–water partition coefficient (Wildman–Crippen LogP) is 4.76. The van der Waals surface area contributed by atoms with Crippen LogP contribution in [0, 0.1) is 0 Å². The van der Waals surface area contributed by atoms with Crippen LogP contribution in [0.5, 0.6) is 0 Å². The zero-order chi connectivity index (χ0) is 17.6. The van der Waals surface area contributed by atoms with Crippen molar-refractivity contribution in [3.8, 4) is 0 Å². The molecule has 25 heavy (non-hydrogen) atoms. The van der Waals surface area contributed by atoms with Gasteiger partial charge in [-0.15, -0.1) is 0 Å². The number of carbonyl (C=O) groups is 1. The zero-order valence-electron chi connectivity index (χ0n) is 13.9. The molecular weight excluding hydrogens is 376 g/mol. The molecule has 3 aromatic rings. The molecule has 0 saturated carbocycles. The molecule has 1 atom stereocenters. The third-order valence-electron chi connectivity index (χ3n) is 3.92. The summed E-state index contributed by atoms with van der Waals surface area (Å²) in [5.74, 6) is -0.0995. The molecule has 0 radical (unpaired) electrons. The van der Waals surface area contributed by atoms with E-state index in [0.717, 1.165) is 27.4 Å². The first kappa shape index (κ1) is 17.4. The van der Waals surface area contributed by atoms with Crippen LogP contribution in [0.1, 0.15) is 18.1 Å². The Morgan fingerprint density at radius 1 is 1.16 bits per heavy atom. The summed E-state index contributed by atoms with van der Waals surface area (Å²) in [4.78, 5) is 16.6. The number of rotatable bonds is 5. The van der Waals surface area contributed by atoms with Gasteiger partial charge in [-0.25, -0.2) is 0 Å². The molecule has 0 spiro atoms. The Morgan fingerprint density at radius 3 is 2.72 bits per heavy atom. The highest BCUT2D eigenvalue weighted by molar-refractivity contribution is 9.10. The quantitative estimate of drug-likeness (QED) is 0.633. The Balaban J connectivity index is 1.63. The van der Waals surface area contributed by atoms with Crippen molar-refractivity contribution >= 4 is 38.8 Å². The predicted molar refractivity (Wildman–Crippen MR) is 106 cm³/mol. The molecule has 1 unspecified atom stereocenters. The fourth-order valence-electron chi connectivity index (χ4n) is 2.74. The number of fused-ring (bicyclic) bond motifs is 1. The standard InChI is InChI=1S/C21H19BrN2O/c1-15(14-16-7-10-19(22)11-8-16)24-20(25)12-9-18-5-2-4-17-6-3-13-23-21(17)18/h2-13,15H,14H2,1H3,(H,24,25). The van der Waals surface area contributed by atoms with E-state index in [0.29, 0.717) is 0 Å². The van der Waals surface area contributed by atoms with Crippen molar-refractivity contribution in [2.45, 2.75) is 19.4 Å². The first-order valence-corrected chi connectivity index (χ1v) is 8.98. The van der Waals surface area contributed by atoms with Gasteiger partial charge < -0.3 is 5.32 Å². The van der Waals surface area contributed by atoms with E-state index in [9.17, 15) is 4.79 Å². The first-order chi connectivity index (χ1) is 12.1. The molecular formula is C21H19BrN2O. The number of carbonyl (C=O) groups excluding carboxylic acids is 1. The summed E-state index contributed by atoms with van der Waals surface area (Å²) in [5, 5.41) is 4.07. The van der Waals surface area contributed by atoms with E-state index in [1.807, 2.05) is 55.5 Å². The second-order valence-electron chi connectivity index (χ2n) is 6.00. The van der Waals surface area contributed by atoms with E-state index >= 15 is 0 Å². The van der Waals surface area contributed by atoms with Gasteiger partial charge in [0.1, 0.15) is 0 Å². The highest BCUT2D eigenvalue weighted by atomic mass is 79.9. The van der Waals surface area contributed by atoms with Gasteiger partial charge in [-0.1, -0.05) is 52.3 Å². The first-order valence-electron chi connectivity index (χ1n) is 8.18. The minimum atomic E-state index is -0.0995. The molecule has 2 aromatic carbocycles. The van der Waals surface area contributed by atoms with E-state index < -0.39 is 0 Å². The van der Waals surface area contributed by atoms with Crippen molar-refractivity contribution in [3.63, 3.8) is 0 Å². The minimum Gasteiger partial charge on any atom is -0.350 e. The van der Waals surface area contributed by atoms with Gasteiger partial charge in [0, 0.05) is 33.7 Å². The van der Waals surface area contributed by atoms with Crippen LogP contribution in [-0.2, 0) is 11.2 Å². The van der Waals surface area contributed by atoms with Crippen LogP contribution in [0.2, 0.25) is 0 Å². The third-order valence-corrected chi connectivity index (χ3v) is 4.45. The molecule has 0 bridgehead atoms. The molecule has 0 aliphatic rings. The number of halogens is 1. The van der Waals surface area contributed by atoms with E-state index in [-0.39, 0.29) is 11.9 Å². The topological polar surface area (TPSA) is 42.0 Å². The number of hydrogen-bond acceptors (Lipinski definition) is 2. The van der Waals surface area contributed by atoms with E-state index in [1.54, 1.807) is 12.3 Å². The molecule has 0 saturated heterocycles. The van der Waals surface area contributed by atoms with Gasteiger partial charge in [0.05, 0.1) is 5.52 Å². The molecule has 3 nitrogen and oxygen atoms in total. The smallest absolute Gasteiger partial charge is 0.244 e. The van der Waals surface area contributed by atoms with Crippen LogP contribution >= 0.6 is 15.9 Å². The Labute approximate surface area is 155 Å². The number of nitrogens with zero attached hydrogens (tertiary/aromatic N) is 1. The van der Waals surface area contributed by atoms with Gasteiger partial charge in [0.25, 0.3) is 0 Å². The molecule has 126 valence electrons. The van der Waals surface area contributed by atoms with E-state index in [4.69, 9.17) is 0 Å². The molecule has 1 amide bonds. The van der Waals surface area contributed by atoms with Crippen molar-refractivity contribution in [1.29, 1.82) is 0 Å². The zero-order valence-corrected chi connectivity index (χ0v) is 15.5. The fourth-order valence-corrected chi connectivity index (χ4v) is 3.01. The summed E-state index contributed by atoms with van der Waals surface area (Å²) in [7, 11) is 0. The van der Waals surface area contributed by atoms with Crippen molar-refractivity contribution in [2.24, 2.45) is 0 Å². The van der Waals surface area contributed by atoms with Gasteiger partial charge in [-0.05, 0) is 43.2 Å². The maximum absolute atomic E-state index is 12.2. The van der Waals surface area contributed by atoms with Crippen LogP contribution in [0.3, 0.4) is 0 Å². The average molecular weight is 395 g/mol. The maximum Gasteiger partial charge on any atom is 0.244 e. The second-order valence-corrected chi connectivity index (χ2v) is 6.91. The lowest BCUT2D eigenvalue weighted by atomic mass is 10.1. The summed E-state index contributed by atoms with van der Waals surface area (Å²) >= 11 is 3.43. The molecule has 4 heteroatoms. The van der Waals surface area contributed by atoms with Gasteiger partial charge in [-0.3, -0.25) is 9.78 Å². The molecule has 1 N–H and O–H groups in total. The molecule has 0 fully saturated rings. The number of nitrogens with one attached hydrogen (secondary N) is 1. The lowest BCUT2D eigenvalue weighted by molar-refractivity contribution is -0.117. The van der Waals surface area contributed by atoms with Crippen LogP contribution in [0.15, 0.2) is 71.3 Å². The lowest BCUT2D eigenvalue weighted by Gasteiger charge is -2.12. The number of pyridine rings is 1. The fraction of sp³-hybridized carbons (Fsp3) is 0.143. The van der Waals surface area contributed by atoms with E-state index in [1.165, 1.54) is 5.56 Å². The maximum atomic E-state index is 12.2. The second kappa shape index (κ2) is 8.08. The van der Waals surface area contributed by atoms with Gasteiger partial charge in [0.2, 0.25) is 5.91 Å². The third kappa shape index (κ3) is 4.77. The monoisotopic (exact) mass is 394 g/mol. The largest absolute Gasteiger partial charge is 0.350 e. The number of aromatic nitrogens is 1. The average Bonchev–Trinajstić information content (AvgIpc) is 2.62. The SMILES string of the molecule is CC(Cc1ccc(Br)cc1)NC(=O)C=Cc1cccc2cccnc12. The summed E-state index contributed by atoms with van der Waals surface area (Å²) in [6.45, 7) is 2.01. The van der Waals surface area contributed by atoms with Gasteiger partial charge in [0.15, 0.2) is 0 Å². The molecule has 0 aliphatic carbocycles. The van der Waals surface area contributed by atoms with Crippen molar-refractivity contribution in [2.75, 3.05) is 0 Å². The van der Waals surface area contributed by atoms with Crippen LogP contribution in [0.4, 0.5) is 0 Å². The molecule has 1 aromatic heterocycles. The number of amides is 1. The Morgan fingerprint density at radius 2 is 1.92 bits per heavy atom. The number of para-hydroxylation sites is 1. The number of benzene rings is 2. The van der Waals surface area contributed by atoms with Gasteiger partial charge >= 0.3 is 0 Å². The van der Waals surface area contributed by atoms with Gasteiger partial charge in [-0.2, -0.15) is 0 Å².